The lowest BCUT2D eigenvalue weighted by Gasteiger charge is -2.30. The molecule has 5 nitrogen and oxygen atoms in total. The SMILES string of the molecule is C[C@@H]1CCCN(Cc2ccc(C(=O)Nc3ccccc3C(=O)N3CCCC3)cc2)C1. The van der Waals surface area contributed by atoms with Crippen LogP contribution in [0.15, 0.2) is 48.5 Å². The summed E-state index contributed by atoms with van der Waals surface area (Å²) in [5, 5.41) is 2.94. The van der Waals surface area contributed by atoms with Gasteiger partial charge in [0.15, 0.2) is 0 Å². The second-order valence-electron chi connectivity index (χ2n) is 8.68. The van der Waals surface area contributed by atoms with E-state index in [0.717, 1.165) is 51.5 Å². The zero-order valence-electron chi connectivity index (χ0n) is 17.8. The van der Waals surface area contributed by atoms with Gasteiger partial charge in [0.25, 0.3) is 11.8 Å². The van der Waals surface area contributed by atoms with Gasteiger partial charge in [0.05, 0.1) is 11.3 Å². The van der Waals surface area contributed by atoms with Crippen molar-refractivity contribution in [3.63, 3.8) is 0 Å². The van der Waals surface area contributed by atoms with Crippen LogP contribution in [0.1, 0.15) is 58.9 Å². The summed E-state index contributed by atoms with van der Waals surface area (Å²) < 4.78 is 0. The van der Waals surface area contributed by atoms with Crippen molar-refractivity contribution in [3.8, 4) is 0 Å². The molecule has 1 atom stereocenters. The van der Waals surface area contributed by atoms with Crippen molar-refractivity contribution >= 4 is 17.5 Å². The molecule has 2 aromatic rings. The van der Waals surface area contributed by atoms with Crippen LogP contribution in [-0.2, 0) is 6.54 Å². The number of likely N-dealkylation sites (tertiary alicyclic amines) is 2. The van der Waals surface area contributed by atoms with Gasteiger partial charge in [-0.05, 0) is 68.0 Å². The zero-order valence-corrected chi connectivity index (χ0v) is 17.8. The van der Waals surface area contributed by atoms with Crippen LogP contribution in [0.4, 0.5) is 5.69 Å². The Labute approximate surface area is 179 Å². The molecule has 30 heavy (non-hydrogen) atoms. The van der Waals surface area contributed by atoms with Crippen LogP contribution in [-0.4, -0.2) is 47.8 Å². The molecule has 2 saturated heterocycles. The van der Waals surface area contributed by atoms with Gasteiger partial charge in [-0.3, -0.25) is 14.5 Å². The van der Waals surface area contributed by atoms with E-state index in [0.29, 0.717) is 16.8 Å². The highest BCUT2D eigenvalue weighted by atomic mass is 16.2. The van der Waals surface area contributed by atoms with Crippen LogP contribution < -0.4 is 5.32 Å². The van der Waals surface area contributed by atoms with Crippen molar-refractivity contribution in [1.29, 1.82) is 0 Å². The average Bonchev–Trinajstić information content (AvgIpc) is 3.29. The van der Waals surface area contributed by atoms with Crippen molar-refractivity contribution in [2.24, 2.45) is 5.92 Å². The summed E-state index contributed by atoms with van der Waals surface area (Å²) in [6.07, 6.45) is 4.67. The van der Waals surface area contributed by atoms with E-state index in [1.54, 1.807) is 12.1 Å². The smallest absolute Gasteiger partial charge is 0.255 e. The molecule has 0 spiro atoms. The number of benzene rings is 2. The van der Waals surface area contributed by atoms with Crippen LogP contribution in [0.25, 0.3) is 0 Å². The van der Waals surface area contributed by atoms with E-state index < -0.39 is 0 Å². The third-order valence-corrected chi connectivity index (χ3v) is 6.16. The first-order valence-electron chi connectivity index (χ1n) is 11.1. The molecule has 0 unspecified atom stereocenters. The van der Waals surface area contributed by atoms with Crippen molar-refractivity contribution in [2.75, 3.05) is 31.5 Å². The Morgan fingerprint density at radius 2 is 1.70 bits per heavy atom. The molecule has 1 N–H and O–H groups in total. The quantitative estimate of drug-likeness (QED) is 0.802. The second-order valence-corrected chi connectivity index (χ2v) is 8.68. The summed E-state index contributed by atoms with van der Waals surface area (Å²) in [4.78, 5) is 30.0. The molecule has 2 aliphatic heterocycles. The fourth-order valence-electron chi connectivity index (χ4n) is 4.51. The average molecular weight is 406 g/mol. The highest BCUT2D eigenvalue weighted by molar-refractivity contribution is 6.09. The van der Waals surface area contributed by atoms with Gasteiger partial charge in [-0.15, -0.1) is 0 Å². The van der Waals surface area contributed by atoms with E-state index in [-0.39, 0.29) is 11.8 Å². The Hall–Kier alpha value is -2.66. The second kappa shape index (κ2) is 9.43. The first-order chi connectivity index (χ1) is 14.6. The molecular weight excluding hydrogens is 374 g/mol. The fourth-order valence-corrected chi connectivity index (χ4v) is 4.51. The lowest BCUT2D eigenvalue weighted by Crippen LogP contribution is -2.33. The molecule has 0 bridgehead atoms. The van der Waals surface area contributed by atoms with E-state index >= 15 is 0 Å². The molecule has 5 heteroatoms. The number of carbonyl (C=O) groups excluding carboxylic acids is 2. The minimum Gasteiger partial charge on any atom is -0.339 e. The maximum atomic E-state index is 12.8. The normalized spacial score (nSPS) is 19.6. The molecule has 2 aliphatic rings. The van der Waals surface area contributed by atoms with Crippen LogP contribution in [0.2, 0.25) is 0 Å². The minimum absolute atomic E-state index is 0.00509. The van der Waals surface area contributed by atoms with Gasteiger partial charge < -0.3 is 10.2 Å². The number of hydrogen-bond acceptors (Lipinski definition) is 3. The van der Waals surface area contributed by atoms with Gasteiger partial charge in [-0.25, -0.2) is 0 Å². The van der Waals surface area contributed by atoms with Gasteiger partial charge in [-0.1, -0.05) is 31.2 Å². The molecule has 4 rings (SSSR count). The van der Waals surface area contributed by atoms with E-state index in [1.807, 2.05) is 41.3 Å². The predicted molar refractivity (Wildman–Crippen MR) is 120 cm³/mol. The Morgan fingerprint density at radius 3 is 2.43 bits per heavy atom. The molecule has 0 aromatic heterocycles. The van der Waals surface area contributed by atoms with Crippen LogP contribution >= 0.6 is 0 Å². The summed E-state index contributed by atoms with van der Waals surface area (Å²) in [6, 6.07) is 15.1. The Bertz CT molecular complexity index is 888. The van der Waals surface area contributed by atoms with Crippen molar-refractivity contribution in [1.82, 2.24) is 9.80 Å². The number of amides is 2. The predicted octanol–water partition coefficient (Wildman–Crippen LogP) is 4.41. The van der Waals surface area contributed by atoms with Crippen molar-refractivity contribution in [3.05, 3.63) is 65.2 Å². The molecule has 2 fully saturated rings. The standard InChI is InChI=1S/C25H31N3O2/c1-19-7-6-14-27(17-19)18-20-10-12-21(13-11-20)24(29)26-23-9-3-2-8-22(23)25(30)28-15-4-5-16-28/h2-3,8-13,19H,4-7,14-18H2,1H3,(H,26,29)/t19-/m1/s1. The van der Waals surface area contributed by atoms with E-state index in [2.05, 4.69) is 17.1 Å². The minimum atomic E-state index is -0.185. The highest BCUT2D eigenvalue weighted by Crippen LogP contribution is 2.22. The van der Waals surface area contributed by atoms with Gasteiger partial charge in [0.1, 0.15) is 0 Å². The van der Waals surface area contributed by atoms with E-state index in [9.17, 15) is 9.59 Å². The number of carbonyl (C=O) groups is 2. The zero-order chi connectivity index (χ0) is 20.9. The molecule has 2 amide bonds. The number of para-hydroxylation sites is 1. The van der Waals surface area contributed by atoms with E-state index in [1.165, 1.54) is 18.4 Å². The van der Waals surface area contributed by atoms with Gasteiger partial charge in [0, 0.05) is 31.7 Å². The maximum Gasteiger partial charge on any atom is 0.255 e. The van der Waals surface area contributed by atoms with Gasteiger partial charge in [0.2, 0.25) is 0 Å². The summed E-state index contributed by atoms with van der Waals surface area (Å²) in [5.41, 5.74) is 2.97. The largest absolute Gasteiger partial charge is 0.339 e. The number of piperidine rings is 1. The number of anilines is 1. The molecule has 0 aliphatic carbocycles. The van der Waals surface area contributed by atoms with Crippen LogP contribution in [0.5, 0.6) is 0 Å². The monoisotopic (exact) mass is 405 g/mol. The summed E-state index contributed by atoms with van der Waals surface area (Å²) in [7, 11) is 0. The van der Waals surface area contributed by atoms with Crippen LogP contribution in [0, 0.1) is 5.92 Å². The van der Waals surface area contributed by atoms with Crippen molar-refractivity contribution in [2.45, 2.75) is 39.2 Å². The molecule has 158 valence electrons. The number of nitrogens with one attached hydrogen (secondary N) is 1. The molecule has 2 aromatic carbocycles. The summed E-state index contributed by atoms with van der Waals surface area (Å²) in [5.74, 6) is 0.566. The van der Waals surface area contributed by atoms with E-state index in [4.69, 9.17) is 0 Å². The topological polar surface area (TPSA) is 52.7 Å². The third-order valence-electron chi connectivity index (χ3n) is 6.16. The Morgan fingerprint density at radius 1 is 0.967 bits per heavy atom. The first-order valence-corrected chi connectivity index (χ1v) is 11.1. The third kappa shape index (κ3) is 4.90. The molecular formula is C25H31N3O2. The van der Waals surface area contributed by atoms with Gasteiger partial charge in [-0.2, -0.15) is 0 Å². The molecule has 0 radical (unpaired) electrons. The Balaban J connectivity index is 1.41. The number of nitrogens with zero attached hydrogens (tertiary/aromatic N) is 2. The molecule has 0 saturated carbocycles. The fraction of sp³-hybridized carbons (Fsp3) is 0.440. The van der Waals surface area contributed by atoms with Crippen molar-refractivity contribution < 1.29 is 9.59 Å². The summed E-state index contributed by atoms with van der Waals surface area (Å²) in [6.45, 7) is 7.11. The van der Waals surface area contributed by atoms with Gasteiger partial charge >= 0.3 is 0 Å². The van der Waals surface area contributed by atoms with Crippen LogP contribution in [0.3, 0.4) is 0 Å². The first kappa shape index (κ1) is 20.6. The number of rotatable bonds is 5. The number of hydrogen-bond donors (Lipinski definition) is 1. The Kier molecular flexibility index (Phi) is 6.48. The summed E-state index contributed by atoms with van der Waals surface area (Å²) >= 11 is 0. The lowest BCUT2D eigenvalue weighted by molar-refractivity contribution is 0.0794. The maximum absolute atomic E-state index is 12.8. The highest BCUT2D eigenvalue weighted by Gasteiger charge is 2.22. The molecule has 2 heterocycles. The lowest BCUT2D eigenvalue weighted by atomic mass is 9.99.